The summed E-state index contributed by atoms with van der Waals surface area (Å²) in [5.41, 5.74) is 0.431. The molecule has 0 aromatic carbocycles. The highest BCUT2D eigenvalue weighted by molar-refractivity contribution is 5.95. The molecule has 136 valence electrons. The topological polar surface area (TPSA) is 61.8 Å². The number of hydrogen-bond donors (Lipinski definition) is 0. The molecule has 0 saturated heterocycles. The Bertz CT molecular complexity index is 530. The molecule has 4 atom stereocenters. The number of esters is 1. The van der Waals surface area contributed by atoms with Crippen LogP contribution < -0.4 is 0 Å². The molecule has 1 saturated carbocycles. The molecule has 0 aliphatic heterocycles. The van der Waals surface area contributed by atoms with E-state index in [-0.39, 0.29) is 36.0 Å². The number of rotatable bonds is 4. The Hall–Kier alpha value is -1.20. The van der Waals surface area contributed by atoms with E-state index < -0.39 is 11.5 Å². The van der Waals surface area contributed by atoms with Crippen LogP contribution in [0.5, 0.6) is 0 Å². The van der Waals surface area contributed by atoms with Crippen LogP contribution in [0.1, 0.15) is 53.9 Å². The van der Waals surface area contributed by atoms with Gasteiger partial charge in [-0.1, -0.05) is 12.5 Å². The monoisotopic (exact) mass is 338 g/mol. The van der Waals surface area contributed by atoms with Crippen molar-refractivity contribution >= 4 is 11.8 Å². The number of methoxy groups -OCH3 is 1. The number of ketones is 1. The Balaban J connectivity index is 2.15. The molecule has 0 bridgehead atoms. The fourth-order valence-electron chi connectivity index (χ4n) is 3.93. The number of carbonyl (C=O) groups excluding carboxylic acids is 2. The summed E-state index contributed by atoms with van der Waals surface area (Å²) in [4.78, 5) is 24.5. The molecule has 1 spiro atoms. The van der Waals surface area contributed by atoms with Crippen LogP contribution in [-0.4, -0.2) is 37.9 Å². The van der Waals surface area contributed by atoms with Crippen LogP contribution in [0.2, 0.25) is 0 Å². The molecule has 0 radical (unpaired) electrons. The van der Waals surface area contributed by atoms with Gasteiger partial charge in [0.2, 0.25) is 0 Å². The zero-order chi connectivity index (χ0) is 18.1. The average molecular weight is 338 g/mol. The first-order valence-electron chi connectivity index (χ1n) is 8.66. The molecular formula is C19H30O5. The fraction of sp³-hybridized carbons (Fsp3) is 0.789. The van der Waals surface area contributed by atoms with E-state index in [1.807, 2.05) is 27.7 Å². The average Bonchev–Trinajstić information content (AvgIpc) is 2.90. The Labute approximate surface area is 144 Å². The van der Waals surface area contributed by atoms with Gasteiger partial charge in [-0.3, -0.25) is 9.59 Å². The third kappa shape index (κ3) is 3.57. The van der Waals surface area contributed by atoms with Gasteiger partial charge in [0.25, 0.3) is 0 Å². The van der Waals surface area contributed by atoms with E-state index in [1.165, 1.54) is 0 Å². The minimum atomic E-state index is -0.501. The van der Waals surface area contributed by atoms with Gasteiger partial charge < -0.3 is 14.2 Å². The number of ether oxygens (including phenoxy) is 3. The van der Waals surface area contributed by atoms with Crippen molar-refractivity contribution in [2.45, 2.75) is 66.1 Å². The lowest BCUT2D eigenvalue weighted by Gasteiger charge is -2.43. The van der Waals surface area contributed by atoms with Crippen LogP contribution >= 0.6 is 0 Å². The van der Waals surface area contributed by atoms with E-state index in [0.717, 1.165) is 24.8 Å². The lowest BCUT2D eigenvalue weighted by atomic mass is 9.63. The van der Waals surface area contributed by atoms with Crippen LogP contribution in [0.15, 0.2) is 11.6 Å². The SMILES string of the molecule is COCO[C@H]1C(=O)C=C(C)[C@]2(CC[C@H](OC(=O)C(C)(C)C)C2)[C@@H]1C. The van der Waals surface area contributed by atoms with Crippen molar-refractivity contribution in [1.29, 1.82) is 0 Å². The fourth-order valence-corrected chi connectivity index (χ4v) is 3.93. The lowest BCUT2D eigenvalue weighted by molar-refractivity contribution is -0.159. The van der Waals surface area contributed by atoms with E-state index >= 15 is 0 Å². The molecule has 1 fully saturated rings. The predicted octanol–water partition coefficient (Wildman–Crippen LogP) is 3.27. The Morgan fingerprint density at radius 1 is 1.38 bits per heavy atom. The first-order chi connectivity index (χ1) is 11.1. The second-order valence-electron chi connectivity index (χ2n) is 8.19. The van der Waals surface area contributed by atoms with Gasteiger partial charge in [-0.15, -0.1) is 0 Å². The summed E-state index contributed by atoms with van der Waals surface area (Å²) in [5, 5.41) is 0. The maximum atomic E-state index is 12.3. The van der Waals surface area contributed by atoms with Crippen molar-refractivity contribution in [3.05, 3.63) is 11.6 Å². The molecule has 24 heavy (non-hydrogen) atoms. The summed E-state index contributed by atoms with van der Waals surface area (Å²) >= 11 is 0. The van der Waals surface area contributed by atoms with Crippen molar-refractivity contribution in [3.63, 3.8) is 0 Å². The molecule has 2 rings (SSSR count). The van der Waals surface area contributed by atoms with Crippen molar-refractivity contribution in [3.8, 4) is 0 Å². The zero-order valence-electron chi connectivity index (χ0n) is 15.7. The second-order valence-corrected chi connectivity index (χ2v) is 8.19. The summed E-state index contributed by atoms with van der Waals surface area (Å²) in [6.45, 7) is 9.76. The normalized spacial score (nSPS) is 33.7. The van der Waals surface area contributed by atoms with Crippen LogP contribution in [0.3, 0.4) is 0 Å². The highest BCUT2D eigenvalue weighted by Crippen LogP contribution is 2.54. The Kier molecular flexibility index (Phi) is 5.55. The maximum Gasteiger partial charge on any atom is 0.311 e. The molecule has 0 heterocycles. The van der Waals surface area contributed by atoms with E-state index in [4.69, 9.17) is 14.2 Å². The summed E-state index contributed by atoms with van der Waals surface area (Å²) in [7, 11) is 1.55. The van der Waals surface area contributed by atoms with Crippen molar-refractivity contribution < 1.29 is 23.8 Å². The summed E-state index contributed by atoms with van der Waals surface area (Å²) in [6, 6.07) is 0. The first kappa shape index (κ1) is 19.1. The zero-order valence-corrected chi connectivity index (χ0v) is 15.7. The summed E-state index contributed by atoms with van der Waals surface area (Å²) < 4.78 is 16.3. The quantitative estimate of drug-likeness (QED) is 0.581. The van der Waals surface area contributed by atoms with Gasteiger partial charge in [-0.25, -0.2) is 0 Å². The third-order valence-corrected chi connectivity index (χ3v) is 5.51. The highest BCUT2D eigenvalue weighted by atomic mass is 16.7. The largest absolute Gasteiger partial charge is 0.462 e. The van der Waals surface area contributed by atoms with Crippen LogP contribution in [0.25, 0.3) is 0 Å². The van der Waals surface area contributed by atoms with Crippen molar-refractivity contribution in [1.82, 2.24) is 0 Å². The van der Waals surface area contributed by atoms with Crippen molar-refractivity contribution in [2.24, 2.45) is 16.7 Å². The van der Waals surface area contributed by atoms with E-state index in [1.54, 1.807) is 13.2 Å². The minimum Gasteiger partial charge on any atom is -0.462 e. The van der Waals surface area contributed by atoms with E-state index in [2.05, 4.69) is 6.92 Å². The van der Waals surface area contributed by atoms with Crippen LogP contribution in [-0.2, 0) is 23.8 Å². The number of hydrogen-bond acceptors (Lipinski definition) is 5. The summed E-state index contributed by atoms with van der Waals surface area (Å²) in [5.74, 6) is -0.140. The lowest BCUT2D eigenvalue weighted by Crippen LogP contribution is -2.45. The molecule has 0 amide bonds. The third-order valence-electron chi connectivity index (χ3n) is 5.51. The smallest absolute Gasteiger partial charge is 0.311 e. The number of allylic oxidation sites excluding steroid dienone is 1. The molecule has 0 unspecified atom stereocenters. The van der Waals surface area contributed by atoms with Gasteiger partial charge in [0, 0.05) is 12.5 Å². The van der Waals surface area contributed by atoms with E-state index in [0.29, 0.717) is 0 Å². The molecule has 0 aromatic rings. The minimum absolute atomic E-state index is 0.00203. The molecule has 0 aromatic heterocycles. The first-order valence-corrected chi connectivity index (χ1v) is 8.66. The van der Waals surface area contributed by atoms with Crippen molar-refractivity contribution in [2.75, 3.05) is 13.9 Å². The van der Waals surface area contributed by atoms with E-state index in [9.17, 15) is 9.59 Å². The van der Waals surface area contributed by atoms with Gasteiger partial charge in [0.05, 0.1) is 5.41 Å². The Morgan fingerprint density at radius 2 is 2.04 bits per heavy atom. The molecule has 2 aliphatic carbocycles. The van der Waals surface area contributed by atoms with Gasteiger partial charge in [0.15, 0.2) is 5.78 Å². The molecule has 0 N–H and O–H groups in total. The standard InChI is InChI=1S/C19H30O5/c1-12-9-15(20)16(23-11-22-6)13(2)19(12)8-7-14(10-19)24-17(21)18(3,4)5/h9,13-14,16H,7-8,10-11H2,1-6H3/t13-,14+,16-,19-/m1/s1. The van der Waals surface area contributed by atoms with Crippen LogP contribution in [0, 0.1) is 16.7 Å². The highest BCUT2D eigenvalue weighted by Gasteiger charge is 2.52. The molecule has 5 nitrogen and oxygen atoms in total. The van der Waals surface area contributed by atoms with Crippen LogP contribution in [0.4, 0.5) is 0 Å². The molecular weight excluding hydrogens is 308 g/mol. The molecule has 2 aliphatic rings. The van der Waals surface area contributed by atoms with Gasteiger partial charge >= 0.3 is 5.97 Å². The maximum absolute atomic E-state index is 12.3. The van der Waals surface area contributed by atoms with Gasteiger partial charge in [-0.2, -0.15) is 0 Å². The number of carbonyl (C=O) groups is 2. The van der Waals surface area contributed by atoms with Gasteiger partial charge in [0.1, 0.15) is 19.0 Å². The summed E-state index contributed by atoms with van der Waals surface area (Å²) in [6.07, 6.45) is 3.58. The predicted molar refractivity (Wildman–Crippen MR) is 90.3 cm³/mol. The Morgan fingerprint density at radius 3 is 2.62 bits per heavy atom. The molecule has 5 heteroatoms. The van der Waals surface area contributed by atoms with Gasteiger partial charge in [-0.05, 0) is 59.0 Å². The second kappa shape index (κ2) is 6.96.